The van der Waals surface area contributed by atoms with Crippen LogP contribution in [0.25, 0.3) is 0 Å². The van der Waals surface area contributed by atoms with Gasteiger partial charge in [0.1, 0.15) is 10.4 Å². The Labute approximate surface area is 197 Å². The summed E-state index contributed by atoms with van der Waals surface area (Å²) in [5.74, 6) is -1.66. The van der Waals surface area contributed by atoms with Gasteiger partial charge in [0.2, 0.25) is 11.8 Å². The number of amides is 2. The molecule has 33 heavy (non-hydrogen) atoms. The van der Waals surface area contributed by atoms with Gasteiger partial charge >= 0.3 is 5.97 Å². The topological polar surface area (TPSA) is 154 Å². The standard InChI is InChI=1S/C21H32N6O5S/c1-11-8-15(18(30)31)27-16(11)21(12(2)28,19(27)32)33-13-9-14(24(3)10-13)17(29)25-4-6-26(7-5-25)20(22)23/h8,11-14,16,28H,4-7,9-10H2,1-3H3,(H3,22,23)(H,30,31)/t11?,12?,13?,14?,16-,21?/m0/s1. The Bertz CT molecular complexity index is 904. The molecule has 4 rings (SSSR count). The molecule has 12 heteroatoms. The Kier molecular flexibility index (Phi) is 6.12. The van der Waals surface area contributed by atoms with E-state index in [0.717, 1.165) is 0 Å². The largest absolute Gasteiger partial charge is 0.477 e. The van der Waals surface area contributed by atoms with E-state index < -0.39 is 22.9 Å². The number of carboxylic acid groups (broad SMARTS) is 1. The van der Waals surface area contributed by atoms with Crippen molar-refractivity contribution in [1.82, 2.24) is 19.6 Å². The zero-order valence-electron chi connectivity index (χ0n) is 19.1. The lowest BCUT2D eigenvalue weighted by Gasteiger charge is -2.56. The van der Waals surface area contributed by atoms with Crippen molar-refractivity contribution in [2.75, 3.05) is 39.8 Å². The van der Waals surface area contributed by atoms with Crippen LogP contribution in [0.4, 0.5) is 0 Å². The second-order valence-electron chi connectivity index (χ2n) is 9.43. The van der Waals surface area contributed by atoms with Gasteiger partial charge in [0.15, 0.2) is 5.96 Å². The van der Waals surface area contributed by atoms with E-state index in [2.05, 4.69) is 0 Å². The fraction of sp³-hybridized carbons (Fsp3) is 0.714. The van der Waals surface area contributed by atoms with E-state index in [-0.39, 0.29) is 40.7 Å². The summed E-state index contributed by atoms with van der Waals surface area (Å²) in [6.45, 7) is 6.13. The number of rotatable bonds is 5. The van der Waals surface area contributed by atoms with Gasteiger partial charge < -0.3 is 25.7 Å². The zero-order chi connectivity index (χ0) is 24.2. The molecule has 4 aliphatic rings. The second-order valence-corrected chi connectivity index (χ2v) is 11.0. The fourth-order valence-corrected chi connectivity index (χ4v) is 7.67. The van der Waals surface area contributed by atoms with Gasteiger partial charge in [-0.15, -0.1) is 11.8 Å². The molecule has 0 radical (unpaired) electrons. The number of likely N-dealkylation sites (tertiary alicyclic amines) is 1. The van der Waals surface area contributed by atoms with E-state index in [1.54, 1.807) is 22.8 Å². The Morgan fingerprint density at radius 3 is 2.42 bits per heavy atom. The number of carbonyl (C=O) groups is 3. The predicted molar refractivity (Wildman–Crippen MR) is 122 cm³/mol. The maximum atomic E-state index is 13.2. The third kappa shape index (κ3) is 3.68. The highest BCUT2D eigenvalue weighted by Gasteiger charge is 2.69. The number of nitrogens with two attached hydrogens (primary N) is 1. The Morgan fingerprint density at radius 1 is 1.27 bits per heavy atom. The fourth-order valence-electron chi connectivity index (χ4n) is 5.67. The van der Waals surface area contributed by atoms with Gasteiger partial charge in [-0.05, 0) is 32.4 Å². The van der Waals surface area contributed by atoms with Crippen LogP contribution in [0, 0.1) is 11.3 Å². The number of aliphatic hydroxyl groups is 1. The minimum absolute atomic E-state index is 0.0147. The summed E-state index contributed by atoms with van der Waals surface area (Å²) in [6, 6.07) is -0.738. The van der Waals surface area contributed by atoms with Gasteiger partial charge in [-0.1, -0.05) is 6.92 Å². The highest BCUT2D eigenvalue weighted by Crippen LogP contribution is 2.55. The maximum absolute atomic E-state index is 13.2. The molecule has 0 bridgehead atoms. The molecule has 5 N–H and O–H groups in total. The number of carbonyl (C=O) groups excluding carboxylic acids is 2. The first kappa shape index (κ1) is 23.8. The summed E-state index contributed by atoms with van der Waals surface area (Å²) < 4.78 is -1.12. The Balaban J connectivity index is 1.44. The number of likely N-dealkylation sites (N-methyl/N-ethyl adjacent to an activating group) is 1. The van der Waals surface area contributed by atoms with Crippen molar-refractivity contribution in [2.45, 2.75) is 48.5 Å². The molecule has 5 unspecified atom stereocenters. The van der Waals surface area contributed by atoms with Crippen LogP contribution in [0.3, 0.4) is 0 Å². The first-order valence-corrected chi connectivity index (χ1v) is 12.1. The third-order valence-corrected chi connectivity index (χ3v) is 9.20. The van der Waals surface area contributed by atoms with E-state index in [0.29, 0.717) is 39.1 Å². The van der Waals surface area contributed by atoms with Crippen molar-refractivity contribution in [1.29, 1.82) is 5.41 Å². The average molecular weight is 481 g/mol. The summed E-state index contributed by atoms with van der Waals surface area (Å²) in [4.78, 5) is 44.8. The van der Waals surface area contributed by atoms with Crippen molar-refractivity contribution in [3.05, 3.63) is 11.8 Å². The summed E-state index contributed by atoms with van der Waals surface area (Å²) >= 11 is 1.39. The average Bonchev–Trinajstić information content (AvgIpc) is 3.28. The van der Waals surface area contributed by atoms with Gasteiger partial charge in [0, 0.05) is 38.0 Å². The van der Waals surface area contributed by atoms with Gasteiger partial charge in [-0.3, -0.25) is 24.8 Å². The molecule has 4 heterocycles. The molecule has 11 nitrogen and oxygen atoms in total. The number of hydrogen-bond donors (Lipinski definition) is 4. The predicted octanol–water partition coefficient (Wildman–Crippen LogP) is -1.22. The molecule has 0 aliphatic carbocycles. The molecular weight excluding hydrogens is 448 g/mol. The summed E-state index contributed by atoms with van der Waals surface area (Å²) in [7, 11) is 1.89. The molecule has 6 atom stereocenters. The third-order valence-electron chi connectivity index (χ3n) is 7.38. The van der Waals surface area contributed by atoms with E-state index in [1.807, 2.05) is 18.9 Å². The molecular formula is C21H32N6O5S. The minimum Gasteiger partial charge on any atom is -0.477 e. The maximum Gasteiger partial charge on any atom is 0.352 e. The highest BCUT2D eigenvalue weighted by molar-refractivity contribution is 8.02. The van der Waals surface area contributed by atoms with Crippen molar-refractivity contribution >= 4 is 35.5 Å². The smallest absolute Gasteiger partial charge is 0.352 e. The Morgan fingerprint density at radius 2 is 1.88 bits per heavy atom. The van der Waals surface area contributed by atoms with Crippen LogP contribution < -0.4 is 5.73 Å². The number of aliphatic hydroxyl groups excluding tert-OH is 1. The summed E-state index contributed by atoms with van der Waals surface area (Å²) in [5.41, 5.74) is 5.53. The normalized spacial score (nSPS) is 35.2. The lowest BCUT2D eigenvalue weighted by atomic mass is 9.78. The minimum atomic E-state index is -1.14. The number of piperazine rings is 1. The number of thioether (sulfide) groups is 1. The molecule has 4 aliphatic heterocycles. The van der Waals surface area contributed by atoms with Crippen LogP contribution in [-0.2, 0) is 14.4 Å². The number of carboxylic acids is 1. The van der Waals surface area contributed by atoms with E-state index in [9.17, 15) is 24.6 Å². The number of hydrogen-bond acceptors (Lipinski definition) is 7. The molecule has 3 saturated heterocycles. The van der Waals surface area contributed by atoms with Crippen LogP contribution in [-0.4, -0.2) is 122 Å². The number of β-lactam (4-membered cyclic amide) rings is 1. The number of nitrogens with one attached hydrogen (secondary N) is 1. The Hall–Kier alpha value is -2.31. The van der Waals surface area contributed by atoms with Gasteiger partial charge in [-0.25, -0.2) is 4.79 Å². The molecule has 3 fully saturated rings. The molecule has 182 valence electrons. The quantitative estimate of drug-likeness (QED) is 0.215. The highest BCUT2D eigenvalue weighted by atomic mass is 32.2. The van der Waals surface area contributed by atoms with Crippen LogP contribution in [0.5, 0.6) is 0 Å². The van der Waals surface area contributed by atoms with Crippen LogP contribution in [0.1, 0.15) is 20.3 Å². The first-order chi connectivity index (χ1) is 15.5. The number of guanidine groups is 1. The van der Waals surface area contributed by atoms with E-state index in [1.165, 1.54) is 16.7 Å². The van der Waals surface area contributed by atoms with E-state index in [4.69, 9.17) is 11.1 Å². The van der Waals surface area contributed by atoms with Gasteiger partial charge in [0.25, 0.3) is 0 Å². The van der Waals surface area contributed by atoms with Gasteiger partial charge in [0.05, 0.1) is 18.2 Å². The van der Waals surface area contributed by atoms with Crippen molar-refractivity contribution < 1.29 is 24.6 Å². The molecule has 0 aromatic rings. The second kappa shape index (κ2) is 8.48. The molecule has 0 saturated carbocycles. The molecule has 0 aromatic carbocycles. The number of aliphatic carboxylic acids is 1. The molecule has 0 aromatic heterocycles. The lowest BCUT2D eigenvalue weighted by molar-refractivity contribution is -0.158. The van der Waals surface area contributed by atoms with Crippen LogP contribution in [0.15, 0.2) is 11.8 Å². The summed E-state index contributed by atoms with van der Waals surface area (Å²) in [5, 5.41) is 27.7. The lowest BCUT2D eigenvalue weighted by Crippen LogP contribution is -2.76. The van der Waals surface area contributed by atoms with Crippen molar-refractivity contribution in [2.24, 2.45) is 11.7 Å². The molecule has 0 spiro atoms. The van der Waals surface area contributed by atoms with E-state index >= 15 is 0 Å². The van der Waals surface area contributed by atoms with Crippen molar-refractivity contribution in [3.8, 4) is 0 Å². The monoisotopic (exact) mass is 480 g/mol. The summed E-state index contributed by atoms with van der Waals surface area (Å²) in [6.07, 6.45) is 1.18. The number of nitrogens with zero attached hydrogens (tertiary/aromatic N) is 4. The number of fused-ring (bicyclic) bond motifs is 1. The SMILES string of the molecule is CC1C=C(C(=O)O)N2C(=O)C(SC3CC(C(=O)N4CCN(C(=N)N)CC4)N(C)C3)(C(C)O)[C@H]12. The zero-order valence-corrected chi connectivity index (χ0v) is 19.9. The van der Waals surface area contributed by atoms with Crippen molar-refractivity contribution in [3.63, 3.8) is 0 Å². The van der Waals surface area contributed by atoms with Crippen LogP contribution in [0.2, 0.25) is 0 Å². The first-order valence-electron chi connectivity index (χ1n) is 11.2. The van der Waals surface area contributed by atoms with Gasteiger partial charge in [-0.2, -0.15) is 0 Å². The molecule has 2 amide bonds. The van der Waals surface area contributed by atoms with Crippen LogP contribution >= 0.6 is 11.8 Å².